The van der Waals surface area contributed by atoms with Gasteiger partial charge < -0.3 is 5.11 Å². The van der Waals surface area contributed by atoms with Crippen LogP contribution in [0.25, 0.3) is 0 Å². The van der Waals surface area contributed by atoms with Crippen LogP contribution in [0, 0.1) is 0 Å². The fourth-order valence-electron chi connectivity index (χ4n) is 1.93. The Morgan fingerprint density at radius 3 is 1.93 bits per heavy atom. The number of hydrogen-bond acceptors (Lipinski definition) is 1. The maximum atomic E-state index is 10.5. The predicted molar refractivity (Wildman–Crippen MR) is 68.0 cm³/mol. The van der Waals surface area contributed by atoms with E-state index < -0.39 is 5.60 Å². The molecule has 0 aromatic rings. The molecular weight excluding hydrogens is 184 g/mol. The van der Waals surface area contributed by atoms with Crippen molar-refractivity contribution < 1.29 is 5.11 Å². The first-order valence-electron chi connectivity index (χ1n) is 6.42. The van der Waals surface area contributed by atoms with Crippen LogP contribution in [-0.4, -0.2) is 10.7 Å². The summed E-state index contributed by atoms with van der Waals surface area (Å²) in [7, 11) is 0. The highest BCUT2D eigenvalue weighted by atomic mass is 16.3. The van der Waals surface area contributed by atoms with Crippen molar-refractivity contribution in [1.82, 2.24) is 0 Å². The average molecular weight is 212 g/mol. The van der Waals surface area contributed by atoms with E-state index in [0.717, 1.165) is 32.1 Å². The molecule has 0 saturated heterocycles. The van der Waals surface area contributed by atoms with Crippen LogP contribution in [0.5, 0.6) is 0 Å². The van der Waals surface area contributed by atoms with E-state index in [4.69, 9.17) is 0 Å². The Morgan fingerprint density at radius 1 is 1.13 bits per heavy atom. The molecule has 1 N–H and O–H groups in total. The molecule has 0 saturated carbocycles. The van der Waals surface area contributed by atoms with E-state index in [0.29, 0.717) is 0 Å². The Balaban J connectivity index is 4.25. The van der Waals surface area contributed by atoms with Crippen LogP contribution in [0.4, 0.5) is 0 Å². The third-order valence-corrected chi connectivity index (χ3v) is 3.09. The highest BCUT2D eigenvalue weighted by Gasteiger charge is 2.25. The number of allylic oxidation sites excluding steroid dienone is 1. The van der Waals surface area contributed by atoms with E-state index in [1.807, 2.05) is 0 Å². The predicted octanol–water partition coefficient (Wildman–Crippen LogP) is 4.45. The van der Waals surface area contributed by atoms with Crippen LogP contribution >= 0.6 is 0 Å². The van der Waals surface area contributed by atoms with Gasteiger partial charge in [0.05, 0.1) is 5.60 Å². The lowest BCUT2D eigenvalue weighted by Crippen LogP contribution is -2.28. The largest absolute Gasteiger partial charge is 0.390 e. The van der Waals surface area contributed by atoms with Crippen LogP contribution in [-0.2, 0) is 0 Å². The Labute approximate surface area is 95.6 Å². The molecule has 0 aliphatic carbocycles. The number of unbranched alkanes of at least 4 members (excludes halogenated alkanes) is 2. The van der Waals surface area contributed by atoms with Gasteiger partial charge >= 0.3 is 0 Å². The average Bonchev–Trinajstić information content (AvgIpc) is 2.23. The van der Waals surface area contributed by atoms with E-state index in [9.17, 15) is 5.11 Å². The van der Waals surface area contributed by atoms with E-state index in [2.05, 4.69) is 33.8 Å². The minimum Gasteiger partial charge on any atom is -0.390 e. The van der Waals surface area contributed by atoms with Gasteiger partial charge in [-0.1, -0.05) is 51.2 Å². The Kier molecular flexibility index (Phi) is 7.76. The lowest BCUT2D eigenvalue weighted by molar-refractivity contribution is 0.0189. The molecule has 0 aliphatic heterocycles. The summed E-state index contributed by atoms with van der Waals surface area (Å²) < 4.78 is 0. The van der Waals surface area contributed by atoms with Crippen molar-refractivity contribution in [3.05, 3.63) is 11.6 Å². The first-order valence-corrected chi connectivity index (χ1v) is 6.42. The first kappa shape index (κ1) is 14.7. The molecule has 0 spiro atoms. The molecule has 0 heterocycles. The van der Waals surface area contributed by atoms with Crippen molar-refractivity contribution in [3.8, 4) is 0 Å². The topological polar surface area (TPSA) is 20.2 Å². The summed E-state index contributed by atoms with van der Waals surface area (Å²) in [5.74, 6) is 0. The number of rotatable bonds is 8. The molecule has 0 rings (SSSR count). The fourth-order valence-corrected chi connectivity index (χ4v) is 1.93. The number of aliphatic hydroxyl groups is 1. The van der Waals surface area contributed by atoms with Crippen molar-refractivity contribution in [2.24, 2.45) is 0 Å². The van der Waals surface area contributed by atoms with Gasteiger partial charge in [-0.25, -0.2) is 0 Å². The zero-order valence-corrected chi connectivity index (χ0v) is 11.0. The molecule has 0 aromatic carbocycles. The van der Waals surface area contributed by atoms with Crippen molar-refractivity contribution in [3.63, 3.8) is 0 Å². The smallest absolute Gasteiger partial charge is 0.0684 e. The molecule has 1 nitrogen and oxygen atoms in total. The van der Waals surface area contributed by atoms with E-state index in [1.54, 1.807) is 0 Å². The molecular formula is C14H28O. The van der Waals surface area contributed by atoms with Gasteiger partial charge in [-0.05, 0) is 33.1 Å². The normalized spacial score (nSPS) is 13.3. The summed E-state index contributed by atoms with van der Waals surface area (Å²) in [6.45, 7) is 8.53. The molecule has 0 amide bonds. The summed E-state index contributed by atoms with van der Waals surface area (Å²) in [5, 5.41) is 10.5. The van der Waals surface area contributed by atoms with Gasteiger partial charge in [-0.3, -0.25) is 0 Å². The second kappa shape index (κ2) is 7.92. The zero-order chi connectivity index (χ0) is 11.7. The molecule has 0 bridgehead atoms. The molecule has 1 heteroatoms. The standard InChI is InChI=1S/C14H28O/c1-5-8-10-14(15,11-9-6-2)12-13(4)7-3/h7,15H,5-6,8-12H2,1-4H3/b13-7-. The molecule has 0 aliphatic rings. The van der Waals surface area contributed by atoms with Gasteiger partial charge in [-0.2, -0.15) is 0 Å². The SMILES string of the molecule is C/C=C(/C)CC(O)(CCCC)CCCC. The van der Waals surface area contributed by atoms with Gasteiger partial charge in [0.1, 0.15) is 0 Å². The van der Waals surface area contributed by atoms with Crippen LogP contribution in [0.15, 0.2) is 11.6 Å². The minimum atomic E-state index is -0.442. The lowest BCUT2D eigenvalue weighted by Gasteiger charge is -2.28. The highest BCUT2D eigenvalue weighted by Crippen LogP contribution is 2.28. The van der Waals surface area contributed by atoms with Crippen molar-refractivity contribution >= 4 is 0 Å². The monoisotopic (exact) mass is 212 g/mol. The van der Waals surface area contributed by atoms with Crippen molar-refractivity contribution in [2.75, 3.05) is 0 Å². The van der Waals surface area contributed by atoms with Crippen LogP contribution in [0.2, 0.25) is 0 Å². The third kappa shape index (κ3) is 6.72. The summed E-state index contributed by atoms with van der Waals surface area (Å²) in [6.07, 6.45) is 9.48. The molecule has 0 fully saturated rings. The van der Waals surface area contributed by atoms with Crippen LogP contribution < -0.4 is 0 Å². The summed E-state index contributed by atoms with van der Waals surface area (Å²) >= 11 is 0. The second-order valence-corrected chi connectivity index (χ2v) is 4.74. The lowest BCUT2D eigenvalue weighted by atomic mass is 9.85. The Morgan fingerprint density at radius 2 is 1.60 bits per heavy atom. The summed E-state index contributed by atoms with van der Waals surface area (Å²) in [5.41, 5.74) is 0.868. The van der Waals surface area contributed by atoms with Gasteiger partial charge in [-0.15, -0.1) is 0 Å². The third-order valence-electron chi connectivity index (χ3n) is 3.09. The zero-order valence-electron chi connectivity index (χ0n) is 11.0. The van der Waals surface area contributed by atoms with Gasteiger partial charge in [0, 0.05) is 0 Å². The molecule has 0 aromatic heterocycles. The molecule has 0 unspecified atom stereocenters. The van der Waals surface area contributed by atoms with E-state index in [-0.39, 0.29) is 0 Å². The molecule has 15 heavy (non-hydrogen) atoms. The summed E-state index contributed by atoms with van der Waals surface area (Å²) in [6, 6.07) is 0. The first-order chi connectivity index (χ1) is 7.08. The Hall–Kier alpha value is -0.300. The quantitative estimate of drug-likeness (QED) is 0.589. The maximum absolute atomic E-state index is 10.5. The van der Waals surface area contributed by atoms with Crippen molar-refractivity contribution in [1.29, 1.82) is 0 Å². The van der Waals surface area contributed by atoms with Gasteiger partial charge in [0.15, 0.2) is 0 Å². The minimum absolute atomic E-state index is 0.442. The van der Waals surface area contributed by atoms with Gasteiger partial charge in [0.25, 0.3) is 0 Å². The van der Waals surface area contributed by atoms with E-state index in [1.165, 1.54) is 18.4 Å². The Bertz CT molecular complexity index is 174. The van der Waals surface area contributed by atoms with Crippen molar-refractivity contribution in [2.45, 2.75) is 78.2 Å². The molecule has 90 valence electrons. The van der Waals surface area contributed by atoms with Crippen LogP contribution in [0.3, 0.4) is 0 Å². The van der Waals surface area contributed by atoms with Crippen LogP contribution in [0.1, 0.15) is 72.6 Å². The van der Waals surface area contributed by atoms with Gasteiger partial charge in [0.2, 0.25) is 0 Å². The second-order valence-electron chi connectivity index (χ2n) is 4.74. The molecule has 0 radical (unpaired) electrons. The maximum Gasteiger partial charge on any atom is 0.0684 e. The number of hydrogen-bond donors (Lipinski definition) is 1. The fraction of sp³-hybridized carbons (Fsp3) is 0.857. The van der Waals surface area contributed by atoms with E-state index >= 15 is 0 Å². The molecule has 0 atom stereocenters. The summed E-state index contributed by atoms with van der Waals surface area (Å²) in [4.78, 5) is 0. The highest BCUT2D eigenvalue weighted by molar-refractivity contribution is 5.02.